The first-order valence-electron chi connectivity index (χ1n) is 5.88. The predicted molar refractivity (Wildman–Crippen MR) is 64.7 cm³/mol. The fourth-order valence-corrected chi connectivity index (χ4v) is 2.01. The first-order valence-corrected chi connectivity index (χ1v) is 5.88. The maximum atomic E-state index is 11.9. The van der Waals surface area contributed by atoms with E-state index in [4.69, 9.17) is 10.2 Å². The minimum Gasteiger partial charge on any atom is -0.479 e. The number of aliphatic hydroxyl groups excluding tert-OH is 1. The van der Waals surface area contributed by atoms with Crippen molar-refractivity contribution >= 4 is 17.8 Å². The van der Waals surface area contributed by atoms with Crippen molar-refractivity contribution in [3.63, 3.8) is 0 Å². The molecule has 0 spiro atoms. The first-order chi connectivity index (χ1) is 9.02. The summed E-state index contributed by atoms with van der Waals surface area (Å²) in [5.41, 5.74) is 0.734. The van der Waals surface area contributed by atoms with Gasteiger partial charge in [0.1, 0.15) is 0 Å². The summed E-state index contributed by atoms with van der Waals surface area (Å²) in [5.74, 6) is -2.04. The highest BCUT2D eigenvalue weighted by atomic mass is 16.4. The van der Waals surface area contributed by atoms with Crippen LogP contribution in [0.25, 0.3) is 0 Å². The van der Waals surface area contributed by atoms with Crippen molar-refractivity contribution in [2.24, 2.45) is 0 Å². The Morgan fingerprint density at radius 2 is 1.68 bits per heavy atom. The summed E-state index contributed by atoms with van der Waals surface area (Å²) in [7, 11) is 0. The summed E-state index contributed by atoms with van der Waals surface area (Å²) in [6, 6.07) is 6.53. The molecule has 1 unspecified atom stereocenters. The summed E-state index contributed by atoms with van der Waals surface area (Å²) in [5, 5.41) is 17.6. The molecule has 2 amide bonds. The molecule has 0 aromatic heterocycles. The third kappa shape index (κ3) is 2.48. The van der Waals surface area contributed by atoms with Gasteiger partial charge in [0.05, 0.1) is 11.1 Å². The molecule has 2 rings (SSSR count). The number of carbonyl (C=O) groups is 3. The number of hydrogen-bond donors (Lipinski definition) is 2. The first kappa shape index (κ1) is 13.2. The molecule has 0 saturated carbocycles. The molecule has 6 heteroatoms. The Labute approximate surface area is 109 Å². The van der Waals surface area contributed by atoms with Gasteiger partial charge in [-0.15, -0.1) is 0 Å². The van der Waals surface area contributed by atoms with Crippen LogP contribution in [0.2, 0.25) is 0 Å². The average Bonchev–Trinajstić information content (AvgIpc) is 2.64. The van der Waals surface area contributed by atoms with Crippen LogP contribution in [0.5, 0.6) is 0 Å². The molecule has 100 valence electrons. The third-order valence-electron chi connectivity index (χ3n) is 3.02. The predicted octanol–water partition coefficient (Wildman–Crippen LogP) is 0.508. The summed E-state index contributed by atoms with van der Waals surface area (Å²) in [4.78, 5) is 35.4. The van der Waals surface area contributed by atoms with Crippen molar-refractivity contribution in [2.45, 2.75) is 18.9 Å². The lowest BCUT2D eigenvalue weighted by molar-refractivity contribution is -0.146. The van der Waals surface area contributed by atoms with E-state index in [1.54, 1.807) is 24.3 Å². The zero-order chi connectivity index (χ0) is 14.0. The van der Waals surface area contributed by atoms with Gasteiger partial charge in [-0.1, -0.05) is 12.1 Å². The Balaban J connectivity index is 1.99. The number of carbonyl (C=O) groups excluding carboxylic acids is 2. The van der Waals surface area contributed by atoms with Gasteiger partial charge in [0.25, 0.3) is 11.8 Å². The Morgan fingerprint density at radius 3 is 2.16 bits per heavy atom. The van der Waals surface area contributed by atoms with Crippen LogP contribution < -0.4 is 0 Å². The number of aliphatic carboxylic acids is 1. The van der Waals surface area contributed by atoms with E-state index < -0.39 is 12.1 Å². The molecule has 0 bridgehead atoms. The molecular formula is C13H13NO5. The second kappa shape index (κ2) is 5.19. The van der Waals surface area contributed by atoms with Gasteiger partial charge in [-0.2, -0.15) is 0 Å². The Hall–Kier alpha value is -2.21. The Morgan fingerprint density at radius 1 is 1.16 bits per heavy atom. The molecule has 0 aliphatic carbocycles. The number of hydrogen-bond acceptors (Lipinski definition) is 4. The monoisotopic (exact) mass is 263 g/mol. The Bertz CT molecular complexity index is 505. The van der Waals surface area contributed by atoms with Crippen LogP contribution in [0.15, 0.2) is 24.3 Å². The SMILES string of the molecule is O=C(O)C(O)CCCN1C(=O)c2ccccc2C1=O. The smallest absolute Gasteiger partial charge is 0.332 e. The summed E-state index contributed by atoms with van der Waals surface area (Å²) >= 11 is 0. The van der Waals surface area contributed by atoms with Crippen molar-refractivity contribution in [3.05, 3.63) is 35.4 Å². The van der Waals surface area contributed by atoms with Gasteiger partial charge in [-0.05, 0) is 25.0 Å². The number of nitrogens with zero attached hydrogens (tertiary/aromatic N) is 1. The number of aliphatic hydroxyl groups is 1. The number of fused-ring (bicyclic) bond motifs is 1. The molecule has 1 aromatic rings. The third-order valence-corrected chi connectivity index (χ3v) is 3.02. The topological polar surface area (TPSA) is 94.9 Å². The molecule has 0 radical (unpaired) electrons. The minimum absolute atomic E-state index is 0.00272. The van der Waals surface area contributed by atoms with Crippen molar-refractivity contribution < 1.29 is 24.6 Å². The standard InChI is InChI=1S/C13H13NO5/c15-10(13(18)19)6-3-7-14-11(16)8-4-1-2-5-9(8)12(14)17/h1-2,4-5,10,15H,3,6-7H2,(H,18,19). The number of benzene rings is 1. The van der Waals surface area contributed by atoms with Gasteiger partial charge in [0, 0.05) is 6.54 Å². The molecule has 19 heavy (non-hydrogen) atoms. The zero-order valence-corrected chi connectivity index (χ0v) is 10.1. The van der Waals surface area contributed by atoms with Gasteiger partial charge in [-0.3, -0.25) is 14.5 Å². The lowest BCUT2D eigenvalue weighted by Crippen LogP contribution is -2.31. The maximum Gasteiger partial charge on any atom is 0.332 e. The van der Waals surface area contributed by atoms with Gasteiger partial charge >= 0.3 is 5.97 Å². The molecule has 2 N–H and O–H groups in total. The van der Waals surface area contributed by atoms with Gasteiger partial charge in [0.2, 0.25) is 0 Å². The second-order valence-electron chi connectivity index (χ2n) is 4.30. The molecule has 1 atom stereocenters. The number of carboxylic acids is 1. The van der Waals surface area contributed by atoms with E-state index in [-0.39, 0.29) is 31.2 Å². The molecule has 6 nitrogen and oxygen atoms in total. The highest BCUT2D eigenvalue weighted by molar-refractivity contribution is 6.21. The quantitative estimate of drug-likeness (QED) is 0.755. The van der Waals surface area contributed by atoms with Crippen LogP contribution in [0.4, 0.5) is 0 Å². The van der Waals surface area contributed by atoms with Crippen LogP contribution >= 0.6 is 0 Å². The van der Waals surface area contributed by atoms with Crippen molar-refractivity contribution in [2.75, 3.05) is 6.54 Å². The van der Waals surface area contributed by atoms with Crippen LogP contribution in [0.1, 0.15) is 33.6 Å². The van der Waals surface area contributed by atoms with Gasteiger partial charge in [-0.25, -0.2) is 4.79 Å². The maximum absolute atomic E-state index is 11.9. The number of rotatable bonds is 5. The number of carboxylic acid groups (broad SMARTS) is 1. The fourth-order valence-electron chi connectivity index (χ4n) is 2.01. The molecule has 1 heterocycles. The number of imide groups is 1. The van der Waals surface area contributed by atoms with Crippen LogP contribution in [-0.4, -0.2) is 45.5 Å². The van der Waals surface area contributed by atoms with E-state index in [1.807, 2.05) is 0 Å². The van der Waals surface area contributed by atoms with Crippen molar-refractivity contribution in [3.8, 4) is 0 Å². The van der Waals surface area contributed by atoms with E-state index in [2.05, 4.69) is 0 Å². The zero-order valence-electron chi connectivity index (χ0n) is 10.1. The van der Waals surface area contributed by atoms with Crippen molar-refractivity contribution in [1.29, 1.82) is 0 Å². The molecule has 0 fully saturated rings. The van der Waals surface area contributed by atoms with Gasteiger partial charge in [0.15, 0.2) is 6.10 Å². The average molecular weight is 263 g/mol. The summed E-state index contributed by atoms with van der Waals surface area (Å²) < 4.78 is 0. The highest BCUT2D eigenvalue weighted by Crippen LogP contribution is 2.22. The minimum atomic E-state index is -1.46. The molecule has 1 aliphatic rings. The van der Waals surface area contributed by atoms with Gasteiger partial charge < -0.3 is 10.2 Å². The molecule has 0 saturated heterocycles. The number of amides is 2. The summed E-state index contributed by atoms with van der Waals surface area (Å²) in [6.07, 6.45) is -1.21. The summed E-state index contributed by atoms with van der Waals surface area (Å²) in [6.45, 7) is 0.108. The lowest BCUT2D eigenvalue weighted by Gasteiger charge is -2.14. The van der Waals surface area contributed by atoms with Crippen LogP contribution in [0.3, 0.4) is 0 Å². The fraction of sp³-hybridized carbons (Fsp3) is 0.308. The van der Waals surface area contributed by atoms with E-state index in [0.717, 1.165) is 4.90 Å². The van der Waals surface area contributed by atoms with Crippen LogP contribution in [-0.2, 0) is 4.79 Å². The largest absolute Gasteiger partial charge is 0.479 e. The second-order valence-corrected chi connectivity index (χ2v) is 4.30. The van der Waals surface area contributed by atoms with Crippen molar-refractivity contribution in [1.82, 2.24) is 4.90 Å². The highest BCUT2D eigenvalue weighted by Gasteiger charge is 2.34. The lowest BCUT2D eigenvalue weighted by atomic mass is 10.1. The van der Waals surface area contributed by atoms with E-state index in [9.17, 15) is 14.4 Å². The molecule has 1 aliphatic heterocycles. The normalized spacial score (nSPS) is 15.5. The van der Waals surface area contributed by atoms with E-state index >= 15 is 0 Å². The molecule has 1 aromatic carbocycles. The van der Waals surface area contributed by atoms with Crippen LogP contribution in [0, 0.1) is 0 Å². The Kier molecular flexibility index (Phi) is 3.62. The molecular weight excluding hydrogens is 250 g/mol. The van der Waals surface area contributed by atoms with E-state index in [1.165, 1.54) is 0 Å². The van der Waals surface area contributed by atoms with E-state index in [0.29, 0.717) is 11.1 Å².